The molecule has 39 heavy (non-hydrogen) atoms. The molecule has 0 aliphatic heterocycles. The number of sulfonamides is 1. The van der Waals surface area contributed by atoms with E-state index in [2.05, 4.69) is 10.6 Å². The lowest BCUT2D eigenvalue weighted by atomic mass is 10.1. The van der Waals surface area contributed by atoms with Crippen LogP contribution in [0.1, 0.15) is 28.6 Å². The highest BCUT2D eigenvalue weighted by Gasteiger charge is 2.28. The molecule has 0 unspecified atom stereocenters. The maximum absolute atomic E-state index is 13.7. The van der Waals surface area contributed by atoms with Gasteiger partial charge >= 0.3 is 0 Å². The normalized spacial score (nSPS) is 11.0. The van der Waals surface area contributed by atoms with E-state index < -0.39 is 28.4 Å². The number of furan rings is 1. The second kappa shape index (κ2) is 12.3. The van der Waals surface area contributed by atoms with Crippen molar-refractivity contribution in [3.05, 3.63) is 108 Å². The molecule has 4 aromatic rings. The van der Waals surface area contributed by atoms with E-state index in [1.165, 1.54) is 18.4 Å². The summed E-state index contributed by atoms with van der Waals surface area (Å²) >= 11 is 0. The second-order valence-corrected chi connectivity index (χ2v) is 10.5. The summed E-state index contributed by atoms with van der Waals surface area (Å²) < 4.78 is 39.1. The van der Waals surface area contributed by atoms with Gasteiger partial charge in [0.05, 0.1) is 41.2 Å². The quantitative estimate of drug-likeness (QED) is 0.280. The monoisotopic (exact) mass is 547 g/mol. The van der Waals surface area contributed by atoms with Crippen molar-refractivity contribution in [3.8, 4) is 5.75 Å². The summed E-state index contributed by atoms with van der Waals surface area (Å²) in [6, 6.07) is 22.8. The third-order valence-electron chi connectivity index (χ3n) is 5.78. The molecule has 0 spiro atoms. The zero-order chi connectivity index (χ0) is 27.8. The minimum Gasteiger partial charge on any atom is -0.494 e. The van der Waals surface area contributed by atoms with Crippen LogP contribution in [0.4, 0.5) is 11.4 Å². The highest BCUT2D eigenvalue weighted by molar-refractivity contribution is 7.92. The fourth-order valence-corrected chi connectivity index (χ4v) is 5.23. The Bertz CT molecular complexity index is 1520. The van der Waals surface area contributed by atoms with Gasteiger partial charge < -0.3 is 19.8 Å². The fraction of sp³-hybridized carbons (Fsp3) is 0.172. The van der Waals surface area contributed by atoms with E-state index in [-0.39, 0.29) is 22.7 Å². The highest BCUT2D eigenvalue weighted by atomic mass is 32.2. The minimum absolute atomic E-state index is 0.0486. The van der Waals surface area contributed by atoms with Crippen molar-refractivity contribution >= 4 is 33.2 Å². The van der Waals surface area contributed by atoms with Crippen LogP contribution in [0, 0.1) is 6.92 Å². The van der Waals surface area contributed by atoms with E-state index in [0.29, 0.717) is 23.8 Å². The first-order valence-electron chi connectivity index (χ1n) is 12.3. The van der Waals surface area contributed by atoms with Crippen LogP contribution in [0.2, 0.25) is 0 Å². The average molecular weight is 548 g/mol. The van der Waals surface area contributed by atoms with Crippen molar-refractivity contribution in [2.24, 2.45) is 0 Å². The predicted molar refractivity (Wildman–Crippen MR) is 148 cm³/mol. The summed E-state index contributed by atoms with van der Waals surface area (Å²) in [5.41, 5.74) is 1.67. The molecule has 0 bridgehead atoms. The summed E-state index contributed by atoms with van der Waals surface area (Å²) in [5.74, 6) is 0.119. The molecule has 10 heteroatoms. The van der Waals surface area contributed by atoms with Gasteiger partial charge in [-0.05, 0) is 74.5 Å². The lowest BCUT2D eigenvalue weighted by Gasteiger charge is -2.24. The number of aryl methyl sites for hydroxylation is 1. The van der Waals surface area contributed by atoms with Crippen molar-refractivity contribution in [1.82, 2.24) is 5.32 Å². The maximum Gasteiger partial charge on any atom is 0.264 e. The Morgan fingerprint density at radius 3 is 2.31 bits per heavy atom. The molecule has 1 aromatic heterocycles. The van der Waals surface area contributed by atoms with Gasteiger partial charge in [0, 0.05) is 0 Å². The number of carbonyl (C=O) groups is 2. The van der Waals surface area contributed by atoms with Crippen molar-refractivity contribution in [2.75, 3.05) is 22.8 Å². The molecular weight excluding hydrogens is 518 g/mol. The summed E-state index contributed by atoms with van der Waals surface area (Å²) in [5, 5.41) is 5.44. The van der Waals surface area contributed by atoms with Gasteiger partial charge in [0.15, 0.2) is 0 Å². The molecule has 1 heterocycles. The fourth-order valence-electron chi connectivity index (χ4n) is 3.81. The van der Waals surface area contributed by atoms with Gasteiger partial charge in [-0.2, -0.15) is 0 Å². The first-order valence-corrected chi connectivity index (χ1v) is 13.7. The van der Waals surface area contributed by atoms with Crippen LogP contribution < -0.4 is 19.7 Å². The van der Waals surface area contributed by atoms with Gasteiger partial charge in [0.1, 0.15) is 18.1 Å². The van der Waals surface area contributed by atoms with E-state index in [9.17, 15) is 18.0 Å². The molecule has 202 valence electrons. The molecular formula is C29H29N3O6S. The van der Waals surface area contributed by atoms with Gasteiger partial charge in [-0.1, -0.05) is 29.8 Å². The van der Waals surface area contributed by atoms with Gasteiger partial charge in [-0.15, -0.1) is 0 Å². The Labute approximate surface area is 227 Å². The van der Waals surface area contributed by atoms with Gasteiger partial charge in [-0.25, -0.2) is 8.42 Å². The Kier molecular flexibility index (Phi) is 8.67. The van der Waals surface area contributed by atoms with Crippen LogP contribution in [0.3, 0.4) is 0 Å². The van der Waals surface area contributed by atoms with E-state index >= 15 is 0 Å². The Hall–Kier alpha value is -4.57. The molecule has 0 aliphatic carbocycles. The van der Waals surface area contributed by atoms with Crippen molar-refractivity contribution < 1.29 is 27.2 Å². The van der Waals surface area contributed by atoms with Crippen molar-refractivity contribution in [3.63, 3.8) is 0 Å². The first kappa shape index (κ1) is 27.5. The molecule has 0 atom stereocenters. The number of carbonyl (C=O) groups excluding carboxylic acids is 2. The summed E-state index contributed by atoms with van der Waals surface area (Å²) in [6.45, 7) is 3.82. The van der Waals surface area contributed by atoms with E-state index in [1.807, 2.05) is 13.8 Å². The zero-order valence-electron chi connectivity index (χ0n) is 21.6. The topological polar surface area (TPSA) is 118 Å². The number of hydrogen-bond acceptors (Lipinski definition) is 6. The molecule has 2 amide bonds. The molecule has 0 fully saturated rings. The molecule has 0 saturated carbocycles. The van der Waals surface area contributed by atoms with E-state index in [1.54, 1.807) is 72.8 Å². The summed E-state index contributed by atoms with van der Waals surface area (Å²) in [7, 11) is -4.10. The number of anilines is 2. The first-order chi connectivity index (χ1) is 18.8. The van der Waals surface area contributed by atoms with E-state index in [4.69, 9.17) is 9.15 Å². The zero-order valence-corrected chi connectivity index (χ0v) is 22.4. The molecule has 3 aromatic carbocycles. The van der Waals surface area contributed by atoms with Crippen LogP contribution in [0.25, 0.3) is 0 Å². The Morgan fingerprint density at radius 2 is 1.64 bits per heavy atom. The highest BCUT2D eigenvalue weighted by Crippen LogP contribution is 2.26. The van der Waals surface area contributed by atoms with E-state index in [0.717, 1.165) is 9.87 Å². The molecule has 2 N–H and O–H groups in total. The van der Waals surface area contributed by atoms with Crippen LogP contribution in [0.5, 0.6) is 5.75 Å². The molecule has 9 nitrogen and oxygen atoms in total. The number of rotatable bonds is 11. The van der Waals surface area contributed by atoms with Crippen LogP contribution in [-0.2, 0) is 21.4 Å². The number of para-hydroxylation sites is 1. The third-order valence-corrected chi connectivity index (χ3v) is 7.57. The third kappa shape index (κ3) is 6.85. The Balaban J connectivity index is 1.57. The lowest BCUT2D eigenvalue weighted by Crippen LogP contribution is -2.38. The minimum atomic E-state index is -4.10. The average Bonchev–Trinajstić information content (AvgIpc) is 3.45. The number of benzene rings is 3. The maximum atomic E-state index is 13.7. The van der Waals surface area contributed by atoms with Crippen LogP contribution in [0.15, 0.2) is 101 Å². The number of nitrogens with zero attached hydrogens (tertiary/aromatic N) is 1. The molecule has 0 saturated heterocycles. The summed E-state index contributed by atoms with van der Waals surface area (Å²) in [6.07, 6.45) is 1.51. The van der Waals surface area contributed by atoms with Crippen molar-refractivity contribution in [2.45, 2.75) is 25.3 Å². The largest absolute Gasteiger partial charge is 0.494 e. The number of hydrogen-bond donors (Lipinski definition) is 2. The van der Waals surface area contributed by atoms with Crippen LogP contribution >= 0.6 is 0 Å². The second-order valence-electron chi connectivity index (χ2n) is 8.61. The molecule has 4 rings (SSSR count). The smallest absolute Gasteiger partial charge is 0.264 e. The van der Waals surface area contributed by atoms with Gasteiger partial charge in [-0.3, -0.25) is 13.9 Å². The SMILES string of the molecule is CCOc1ccc(N(CC(=O)Nc2ccccc2C(=O)NCc2ccco2)S(=O)(=O)c2ccc(C)cc2)cc1. The van der Waals surface area contributed by atoms with Gasteiger partial charge in [0.25, 0.3) is 15.9 Å². The van der Waals surface area contributed by atoms with Crippen LogP contribution in [-0.4, -0.2) is 33.4 Å². The predicted octanol–water partition coefficient (Wildman–Crippen LogP) is 4.75. The van der Waals surface area contributed by atoms with Gasteiger partial charge in [0.2, 0.25) is 5.91 Å². The lowest BCUT2D eigenvalue weighted by molar-refractivity contribution is -0.114. The summed E-state index contributed by atoms with van der Waals surface area (Å²) in [4.78, 5) is 26.1. The Morgan fingerprint density at radius 1 is 0.923 bits per heavy atom. The number of nitrogens with one attached hydrogen (secondary N) is 2. The molecule has 0 aliphatic rings. The van der Waals surface area contributed by atoms with Crippen molar-refractivity contribution in [1.29, 1.82) is 0 Å². The number of ether oxygens (including phenoxy) is 1. The molecule has 0 radical (unpaired) electrons. The number of amides is 2. The standard InChI is InChI=1S/C29H29N3O6S/c1-3-37-23-14-12-22(13-15-23)32(39(35,36)25-16-10-21(2)11-17-25)20-28(33)31-27-9-5-4-8-26(27)29(34)30-19-24-7-6-18-38-24/h4-18H,3,19-20H2,1-2H3,(H,30,34)(H,31,33).